The third kappa shape index (κ3) is 4.71. The first-order valence-corrected chi connectivity index (χ1v) is 8.40. The van der Waals surface area contributed by atoms with Crippen LogP contribution in [0.2, 0.25) is 0 Å². The van der Waals surface area contributed by atoms with Crippen molar-refractivity contribution in [1.29, 1.82) is 0 Å². The van der Waals surface area contributed by atoms with Crippen LogP contribution in [0.25, 0.3) is 0 Å². The van der Waals surface area contributed by atoms with Gasteiger partial charge in [-0.25, -0.2) is 4.79 Å². The van der Waals surface area contributed by atoms with Gasteiger partial charge in [-0.15, -0.1) is 0 Å². The molecular formula is C18H24N2O5. The molecule has 0 heterocycles. The average molecular weight is 348 g/mol. The maximum Gasteiger partial charge on any atom is 0.329 e. The summed E-state index contributed by atoms with van der Waals surface area (Å²) in [6.07, 6.45) is 3.41. The molecule has 7 heteroatoms. The Hall–Kier alpha value is -2.57. The van der Waals surface area contributed by atoms with Crippen LogP contribution in [0.3, 0.4) is 0 Å². The van der Waals surface area contributed by atoms with E-state index in [-0.39, 0.29) is 13.2 Å². The summed E-state index contributed by atoms with van der Waals surface area (Å²) in [6, 6.07) is 8.88. The molecule has 0 spiro atoms. The molecule has 0 bridgehead atoms. The van der Waals surface area contributed by atoms with Gasteiger partial charge in [-0.05, 0) is 25.0 Å². The minimum absolute atomic E-state index is 0.203. The van der Waals surface area contributed by atoms with Crippen molar-refractivity contribution in [3.8, 4) is 5.75 Å². The summed E-state index contributed by atoms with van der Waals surface area (Å²) in [5.41, 5.74) is -1.17. The summed E-state index contributed by atoms with van der Waals surface area (Å²) in [4.78, 5) is 37.1. The van der Waals surface area contributed by atoms with E-state index in [1.807, 2.05) is 6.07 Å². The number of para-hydroxylation sites is 1. The number of hydrogen-bond donors (Lipinski definition) is 2. The molecule has 0 aliphatic heterocycles. The van der Waals surface area contributed by atoms with E-state index in [1.54, 1.807) is 24.3 Å². The van der Waals surface area contributed by atoms with Gasteiger partial charge in [-0.2, -0.15) is 0 Å². The number of nitrogens with zero attached hydrogens (tertiary/aromatic N) is 1. The topological polar surface area (TPSA) is 95.9 Å². The monoisotopic (exact) mass is 348 g/mol. The highest BCUT2D eigenvalue weighted by atomic mass is 16.5. The molecule has 2 amide bonds. The van der Waals surface area contributed by atoms with E-state index in [1.165, 1.54) is 11.9 Å². The highest BCUT2D eigenvalue weighted by Crippen LogP contribution is 2.33. The first-order chi connectivity index (χ1) is 12.0. The van der Waals surface area contributed by atoms with E-state index in [9.17, 15) is 19.5 Å². The number of rotatable bonds is 7. The molecule has 0 atom stereocenters. The lowest BCUT2D eigenvalue weighted by Crippen LogP contribution is -2.58. The van der Waals surface area contributed by atoms with Gasteiger partial charge in [0, 0.05) is 7.05 Å². The average Bonchev–Trinajstić information content (AvgIpc) is 2.65. The first kappa shape index (κ1) is 18.8. The fourth-order valence-electron chi connectivity index (χ4n) is 3.08. The molecule has 1 aliphatic carbocycles. The predicted molar refractivity (Wildman–Crippen MR) is 91.2 cm³/mol. The number of amides is 2. The van der Waals surface area contributed by atoms with Crippen LogP contribution in [-0.2, 0) is 14.4 Å². The van der Waals surface area contributed by atoms with Crippen LogP contribution >= 0.6 is 0 Å². The Balaban J connectivity index is 1.84. The summed E-state index contributed by atoms with van der Waals surface area (Å²) in [7, 11) is 1.49. The standard InChI is InChI=1S/C18H24N2O5/c1-20(18(17(23)24)10-6-3-7-11-18)16(22)12-19-15(21)13-25-14-8-4-2-5-9-14/h2,4-5,8-9H,3,6-7,10-13H2,1H3,(H,19,21)(H,23,24). The van der Waals surface area contributed by atoms with Crippen molar-refractivity contribution in [3.63, 3.8) is 0 Å². The van der Waals surface area contributed by atoms with Crippen molar-refractivity contribution < 1.29 is 24.2 Å². The van der Waals surface area contributed by atoms with Gasteiger partial charge in [0.15, 0.2) is 6.61 Å². The van der Waals surface area contributed by atoms with Crippen LogP contribution in [-0.4, -0.2) is 53.5 Å². The van der Waals surface area contributed by atoms with Crippen molar-refractivity contribution >= 4 is 17.8 Å². The fraction of sp³-hybridized carbons (Fsp3) is 0.500. The minimum Gasteiger partial charge on any atom is -0.484 e. The van der Waals surface area contributed by atoms with Crippen LogP contribution in [0.1, 0.15) is 32.1 Å². The van der Waals surface area contributed by atoms with E-state index in [4.69, 9.17) is 4.74 Å². The molecule has 0 unspecified atom stereocenters. The number of ether oxygens (including phenoxy) is 1. The van der Waals surface area contributed by atoms with Crippen LogP contribution in [0, 0.1) is 0 Å². The van der Waals surface area contributed by atoms with Gasteiger partial charge in [0.25, 0.3) is 5.91 Å². The van der Waals surface area contributed by atoms with Crippen LogP contribution in [0.4, 0.5) is 0 Å². The predicted octanol–water partition coefficient (Wildman–Crippen LogP) is 1.43. The third-order valence-electron chi connectivity index (χ3n) is 4.64. The second-order valence-electron chi connectivity index (χ2n) is 6.23. The number of hydrogen-bond acceptors (Lipinski definition) is 4. The van der Waals surface area contributed by atoms with Gasteiger partial charge in [0.1, 0.15) is 11.3 Å². The molecule has 1 saturated carbocycles. The number of likely N-dealkylation sites (N-methyl/N-ethyl adjacent to an activating group) is 1. The zero-order valence-electron chi connectivity index (χ0n) is 14.4. The van der Waals surface area contributed by atoms with Gasteiger partial charge in [0.2, 0.25) is 5.91 Å². The van der Waals surface area contributed by atoms with Crippen molar-refractivity contribution in [2.45, 2.75) is 37.6 Å². The van der Waals surface area contributed by atoms with Crippen molar-refractivity contribution in [1.82, 2.24) is 10.2 Å². The van der Waals surface area contributed by atoms with Crippen molar-refractivity contribution in [3.05, 3.63) is 30.3 Å². The number of carboxylic acids is 1. The molecule has 2 N–H and O–H groups in total. The molecule has 2 rings (SSSR count). The number of carbonyl (C=O) groups is 3. The van der Waals surface area contributed by atoms with E-state index in [2.05, 4.69) is 5.32 Å². The maximum atomic E-state index is 12.3. The number of aliphatic carboxylic acids is 1. The number of carbonyl (C=O) groups excluding carboxylic acids is 2. The Labute approximate surface area is 147 Å². The molecule has 1 aromatic rings. The lowest BCUT2D eigenvalue weighted by atomic mass is 9.80. The third-order valence-corrected chi connectivity index (χ3v) is 4.64. The Morgan fingerprint density at radius 3 is 2.40 bits per heavy atom. The van der Waals surface area contributed by atoms with Crippen LogP contribution in [0.5, 0.6) is 5.75 Å². The molecule has 0 radical (unpaired) electrons. The smallest absolute Gasteiger partial charge is 0.329 e. The maximum absolute atomic E-state index is 12.3. The molecule has 1 fully saturated rings. The molecule has 0 aromatic heterocycles. The quantitative estimate of drug-likeness (QED) is 0.777. The second-order valence-corrected chi connectivity index (χ2v) is 6.23. The Morgan fingerprint density at radius 1 is 1.16 bits per heavy atom. The normalized spacial score (nSPS) is 15.9. The molecule has 1 aromatic carbocycles. The second kappa shape index (κ2) is 8.50. The highest BCUT2D eigenvalue weighted by molar-refractivity contribution is 5.90. The Bertz CT molecular complexity index is 611. The van der Waals surface area contributed by atoms with Gasteiger partial charge >= 0.3 is 5.97 Å². The van der Waals surface area contributed by atoms with E-state index < -0.39 is 23.3 Å². The molecular weight excluding hydrogens is 324 g/mol. The highest BCUT2D eigenvalue weighted by Gasteiger charge is 2.45. The van der Waals surface area contributed by atoms with Crippen LogP contribution < -0.4 is 10.1 Å². The number of benzene rings is 1. The Morgan fingerprint density at radius 2 is 1.80 bits per heavy atom. The zero-order valence-corrected chi connectivity index (χ0v) is 14.4. The largest absolute Gasteiger partial charge is 0.484 e. The molecule has 1 aliphatic rings. The summed E-state index contributed by atoms with van der Waals surface area (Å²) >= 11 is 0. The molecule has 136 valence electrons. The van der Waals surface area contributed by atoms with E-state index in [0.29, 0.717) is 18.6 Å². The number of nitrogens with one attached hydrogen (secondary N) is 1. The van der Waals surface area contributed by atoms with Crippen LogP contribution in [0.15, 0.2) is 30.3 Å². The zero-order chi connectivity index (χ0) is 18.3. The lowest BCUT2D eigenvalue weighted by molar-refractivity contribution is -0.160. The van der Waals surface area contributed by atoms with Gasteiger partial charge in [-0.1, -0.05) is 37.5 Å². The summed E-state index contributed by atoms with van der Waals surface area (Å²) in [5, 5.41) is 12.1. The number of carboxylic acid groups (broad SMARTS) is 1. The van der Waals surface area contributed by atoms with Crippen molar-refractivity contribution in [2.75, 3.05) is 20.2 Å². The van der Waals surface area contributed by atoms with Gasteiger partial charge in [-0.3, -0.25) is 9.59 Å². The summed E-state index contributed by atoms with van der Waals surface area (Å²) in [5.74, 6) is -1.27. The summed E-state index contributed by atoms with van der Waals surface area (Å²) < 4.78 is 5.30. The SMILES string of the molecule is CN(C(=O)CNC(=O)COc1ccccc1)C1(C(=O)O)CCCCC1. The van der Waals surface area contributed by atoms with Crippen molar-refractivity contribution in [2.24, 2.45) is 0 Å². The Kier molecular flexibility index (Phi) is 6.38. The van der Waals surface area contributed by atoms with Gasteiger partial charge in [0.05, 0.1) is 6.54 Å². The minimum atomic E-state index is -1.17. The fourth-order valence-corrected chi connectivity index (χ4v) is 3.08. The molecule has 7 nitrogen and oxygen atoms in total. The van der Waals surface area contributed by atoms with E-state index >= 15 is 0 Å². The lowest BCUT2D eigenvalue weighted by Gasteiger charge is -2.41. The molecule has 25 heavy (non-hydrogen) atoms. The van der Waals surface area contributed by atoms with Gasteiger partial charge < -0.3 is 20.1 Å². The van der Waals surface area contributed by atoms with E-state index in [0.717, 1.165) is 19.3 Å². The first-order valence-electron chi connectivity index (χ1n) is 8.40. The molecule has 0 saturated heterocycles. The summed E-state index contributed by atoms with van der Waals surface area (Å²) in [6.45, 7) is -0.451.